The number of carboxylic acids is 1. The molecule has 5 rings (SSSR count). The predicted octanol–water partition coefficient (Wildman–Crippen LogP) is 4.65. The van der Waals surface area contributed by atoms with E-state index in [1.165, 1.54) is 17.0 Å². The molecule has 0 saturated heterocycles. The topological polar surface area (TPSA) is 171 Å². The molecule has 4 N–H and O–H groups in total. The number of nitrogens with one attached hydrogen (secondary N) is 1. The molecule has 53 heavy (non-hydrogen) atoms. The number of primary amides is 1. The van der Waals surface area contributed by atoms with E-state index in [0.29, 0.717) is 17.8 Å². The summed E-state index contributed by atoms with van der Waals surface area (Å²) >= 11 is 1.64. The molecular weight excluding hydrogens is 715 g/mol. The van der Waals surface area contributed by atoms with E-state index in [2.05, 4.69) is 34.1 Å². The molecule has 3 aromatic carbocycles. The van der Waals surface area contributed by atoms with Crippen LogP contribution in [0.3, 0.4) is 0 Å². The number of carbonyl (C=O) groups excluding carboxylic acids is 4. The van der Waals surface area contributed by atoms with E-state index in [0.717, 1.165) is 32.2 Å². The molecule has 12 nitrogen and oxygen atoms in total. The third kappa shape index (κ3) is 11.0. The van der Waals surface area contributed by atoms with Gasteiger partial charge in [-0.15, -0.1) is 0 Å². The number of aliphatic carboxylic acids is 1. The molecule has 2 heterocycles. The lowest BCUT2D eigenvalue weighted by atomic mass is 10.0. The highest BCUT2D eigenvalue weighted by Crippen LogP contribution is 2.23. The second kappa shape index (κ2) is 17.1. The maximum Gasteiger partial charge on any atom is 0.430 e. The van der Waals surface area contributed by atoms with Gasteiger partial charge in [-0.2, -0.15) is 17.6 Å². The minimum Gasteiger partial charge on any atom is -0.542 e. The van der Waals surface area contributed by atoms with Crippen molar-refractivity contribution < 1.29 is 51.7 Å². The number of rotatable bonds is 11. The van der Waals surface area contributed by atoms with Gasteiger partial charge >= 0.3 is 23.1 Å². The van der Waals surface area contributed by atoms with E-state index >= 15 is 0 Å². The van der Waals surface area contributed by atoms with Gasteiger partial charge in [0.05, 0.1) is 18.2 Å². The average Bonchev–Trinajstić information content (AvgIpc) is 3.59. The number of thiazole rings is 1. The Labute approximate surface area is 306 Å². The molecule has 0 bridgehead atoms. The molecule has 0 aliphatic heterocycles. The highest BCUT2D eigenvalue weighted by Gasteiger charge is 2.33. The number of aromatic nitrogens is 2. The van der Waals surface area contributed by atoms with Crippen molar-refractivity contribution in [1.29, 1.82) is 0 Å². The van der Waals surface area contributed by atoms with Crippen LogP contribution in [0.4, 0.5) is 23.7 Å². The van der Waals surface area contributed by atoms with Crippen LogP contribution in [0.1, 0.15) is 51.5 Å². The van der Waals surface area contributed by atoms with Crippen molar-refractivity contribution in [3.8, 4) is 5.75 Å². The van der Waals surface area contributed by atoms with Crippen LogP contribution in [-0.4, -0.2) is 56.8 Å². The first kappa shape index (κ1) is 39.9. The van der Waals surface area contributed by atoms with Crippen LogP contribution in [0.25, 0.3) is 4.96 Å². The molecule has 2 aromatic heterocycles. The number of hydrogen-bond donors (Lipinski definition) is 3. The summed E-state index contributed by atoms with van der Waals surface area (Å²) in [5.41, 5.74) is 10.6. The standard InChI is InChI=1S/C35H37N5O5S.C2HF3O2/c1-22(2)45-33(43)27-11-13-28(14-12-27)37-34(44)40(31(32(36)42)17-25-9-15-30(41)16-10-25)21-29-20-38-18-24(4)46-35(38)39(29)19-26-7-5-23(3)6-8-26;3-2(4,5)1(6)7/h5-16,18,20,22,31H,17,19,21H2,1-4H3,(H3-,36,37,41,42,43,44);(H,6,7)/t31-;/m0./s1. The molecule has 1 atom stereocenters. The smallest absolute Gasteiger partial charge is 0.430 e. The number of carbonyl (C=O) groups is 4. The van der Waals surface area contributed by atoms with Crippen molar-refractivity contribution in [2.24, 2.45) is 5.73 Å². The van der Waals surface area contributed by atoms with Crippen molar-refractivity contribution in [2.45, 2.75) is 65.5 Å². The van der Waals surface area contributed by atoms with E-state index in [4.69, 9.17) is 20.4 Å². The highest BCUT2D eigenvalue weighted by atomic mass is 32.1. The highest BCUT2D eigenvalue weighted by molar-refractivity contribution is 7.16. The zero-order chi connectivity index (χ0) is 39.0. The normalized spacial score (nSPS) is 11.8. The van der Waals surface area contributed by atoms with Crippen LogP contribution in [-0.2, 0) is 33.8 Å². The third-order valence-corrected chi connectivity index (χ3v) is 8.77. The average molecular weight is 754 g/mol. The van der Waals surface area contributed by atoms with Gasteiger partial charge in [0.25, 0.3) is 0 Å². The molecular formula is C37H38F3N5O7S. The van der Waals surface area contributed by atoms with E-state index in [1.54, 1.807) is 61.6 Å². The second-order valence-electron chi connectivity index (χ2n) is 12.4. The summed E-state index contributed by atoms with van der Waals surface area (Å²) in [7, 11) is 0. The van der Waals surface area contributed by atoms with Gasteiger partial charge in [-0.1, -0.05) is 53.3 Å². The van der Waals surface area contributed by atoms with Gasteiger partial charge in [-0.25, -0.2) is 14.2 Å². The Bertz CT molecular complexity index is 2060. The van der Waals surface area contributed by atoms with Crippen LogP contribution in [0, 0.1) is 13.8 Å². The molecule has 16 heteroatoms. The number of alkyl halides is 3. The maximum absolute atomic E-state index is 14.0. The number of phenols is 1. The number of ether oxygens (including phenoxy) is 1. The molecule has 0 aliphatic carbocycles. The summed E-state index contributed by atoms with van der Waals surface area (Å²) in [5.74, 6) is -4.04. The Balaban J connectivity index is 0.000000815. The first-order chi connectivity index (χ1) is 24.9. The van der Waals surface area contributed by atoms with Gasteiger partial charge in [0.15, 0.2) is 5.69 Å². The number of halogens is 3. The van der Waals surface area contributed by atoms with E-state index in [-0.39, 0.29) is 24.8 Å². The number of aromatic hydroxyl groups is 1. The maximum atomic E-state index is 14.0. The Hall–Kier alpha value is -5.90. The minimum atomic E-state index is -5.19. The fraction of sp³-hybridized carbons (Fsp3) is 0.270. The monoisotopic (exact) mass is 753 g/mol. The Kier molecular flexibility index (Phi) is 12.8. The summed E-state index contributed by atoms with van der Waals surface area (Å²) < 4.78 is 41.0. The lowest BCUT2D eigenvalue weighted by Gasteiger charge is -2.29. The quantitative estimate of drug-likeness (QED) is 0.130. The Morgan fingerprint density at radius 1 is 0.962 bits per heavy atom. The van der Waals surface area contributed by atoms with Crippen LogP contribution < -0.4 is 20.6 Å². The van der Waals surface area contributed by atoms with E-state index in [1.807, 2.05) is 30.6 Å². The van der Waals surface area contributed by atoms with Gasteiger partial charge < -0.3 is 35.7 Å². The SMILES string of the molecule is Cc1ccc(Cn2c(CN(C(=O)Nc3ccc(C(=O)OC(C)C)cc3)[C@@H](Cc3ccc(O)cc3)C(N)=O)c[n+]3cc(C)sc23)cc1.O=C([O-])C(F)(F)F. The van der Waals surface area contributed by atoms with Gasteiger partial charge in [-0.3, -0.25) is 4.79 Å². The Morgan fingerprint density at radius 3 is 2.09 bits per heavy atom. The summed E-state index contributed by atoms with van der Waals surface area (Å²) in [6.07, 6.45) is -1.31. The van der Waals surface area contributed by atoms with Gasteiger partial charge in [0.1, 0.15) is 36.7 Å². The number of benzene rings is 3. The molecule has 0 radical (unpaired) electrons. The minimum absolute atomic E-state index is 0.0790. The largest absolute Gasteiger partial charge is 0.542 e. The fourth-order valence-corrected chi connectivity index (χ4v) is 6.13. The van der Waals surface area contributed by atoms with E-state index in [9.17, 15) is 32.7 Å². The van der Waals surface area contributed by atoms with Crippen molar-refractivity contribution in [2.75, 3.05) is 5.32 Å². The summed E-state index contributed by atoms with van der Waals surface area (Å²) in [6, 6.07) is 19.6. The molecule has 0 aliphatic rings. The molecule has 0 unspecified atom stereocenters. The summed E-state index contributed by atoms with van der Waals surface area (Å²) in [4.78, 5) is 51.8. The first-order valence-electron chi connectivity index (χ1n) is 16.2. The number of nitrogens with two attached hydrogens (primary N) is 1. The van der Waals surface area contributed by atoms with Crippen LogP contribution in [0.2, 0.25) is 0 Å². The number of phenolic OH excluding ortho intramolecular Hbond substituents is 1. The number of imidazole rings is 1. The fourth-order valence-electron chi connectivity index (χ4n) is 5.17. The zero-order valence-corrected chi connectivity index (χ0v) is 30.0. The summed E-state index contributed by atoms with van der Waals surface area (Å²) in [5, 5.41) is 21.5. The van der Waals surface area contributed by atoms with Gasteiger partial charge in [-0.05, 0) is 75.2 Å². The third-order valence-electron chi connectivity index (χ3n) is 7.73. The molecule has 3 amide bonds. The Morgan fingerprint density at radius 2 is 1.55 bits per heavy atom. The van der Waals surface area contributed by atoms with Crippen molar-refractivity contribution in [3.05, 3.63) is 118 Å². The number of hydrogen-bond acceptors (Lipinski definition) is 8. The number of anilines is 1. The van der Waals surface area contributed by atoms with Gasteiger partial charge in [0, 0.05) is 17.0 Å². The van der Waals surface area contributed by atoms with Crippen molar-refractivity contribution in [1.82, 2.24) is 9.47 Å². The zero-order valence-electron chi connectivity index (χ0n) is 29.2. The number of nitrogens with zero attached hydrogens (tertiary/aromatic N) is 3. The van der Waals surface area contributed by atoms with Gasteiger partial charge in [0.2, 0.25) is 5.91 Å². The lowest BCUT2D eigenvalue weighted by Crippen LogP contribution is -2.50. The number of aryl methyl sites for hydroxylation is 2. The van der Waals surface area contributed by atoms with Crippen molar-refractivity contribution in [3.63, 3.8) is 0 Å². The molecule has 0 saturated carbocycles. The van der Waals surface area contributed by atoms with E-state index < -0.39 is 36.1 Å². The lowest BCUT2D eigenvalue weighted by molar-refractivity contribution is -0.506. The number of esters is 1. The van der Waals surface area contributed by atoms with Crippen LogP contribution >= 0.6 is 11.3 Å². The first-order valence-corrected chi connectivity index (χ1v) is 17.0. The molecule has 280 valence electrons. The second-order valence-corrected chi connectivity index (χ2v) is 13.6. The van der Waals surface area contributed by atoms with Crippen molar-refractivity contribution >= 4 is 45.9 Å². The number of fused-ring (bicyclic) bond motifs is 1. The molecule has 0 fully saturated rings. The summed E-state index contributed by atoms with van der Waals surface area (Å²) in [6.45, 7) is 8.27. The molecule has 5 aromatic rings. The predicted molar refractivity (Wildman–Crippen MR) is 188 cm³/mol. The molecule has 0 spiro atoms. The van der Waals surface area contributed by atoms with Crippen LogP contribution in [0.5, 0.6) is 5.75 Å². The number of carboxylic acid groups (broad SMARTS) is 1. The number of amides is 3. The van der Waals surface area contributed by atoms with Crippen LogP contribution in [0.15, 0.2) is 85.2 Å². The number of urea groups is 1.